The quantitative estimate of drug-likeness (QED) is 0.530. The zero-order valence-corrected chi connectivity index (χ0v) is 14.2. The Balaban J connectivity index is 2.24. The van der Waals surface area contributed by atoms with Gasteiger partial charge in [-0.2, -0.15) is 22.0 Å². The van der Waals surface area contributed by atoms with Gasteiger partial charge in [0.25, 0.3) is 0 Å². The highest BCUT2D eigenvalue weighted by Crippen LogP contribution is 2.50. The van der Waals surface area contributed by atoms with E-state index in [2.05, 4.69) is 0 Å². The first kappa shape index (κ1) is 19.9. The zero-order chi connectivity index (χ0) is 20.6. The van der Waals surface area contributed by atoms with Gasteiger partial charge in [-0.1, -0.05) is 60.7 Å². The highest BCUT2D eigenvalue weighted by atomic mass is 19.4. The Bertz CT molecular complexity index is 1000. The van der Waals surface area contributed by atoms with Crippen LogP contribution in [0.1, 0.15) is 11.1 Å². The third kappa shape index (κ3) is 3.38. The van der Waals surface area contributed by atoms with Crippen LogP contribution in [0.15, 0.2) is 72.8 Å². The van der Waals surface area contributed by atoms with E-state index in [1.807, 2.05) is 0 Å². The van der Waals surface area contributed by atoms with Crippen LogP contribution in [0.2, 0.25) is 0 Å². The van der Waals surface area contributed by atoms with E-state index in [9.17, 15) is 31.4 Å². The molecule has 3 aromatic rings. The first-order valence-electron chi connectivity index (χ1n) is 8.16. The maximum absolute atomic E-state index is 14.5. The largest absolute Gasteiger partial charge is 0.457 e. The predicted octanol–water partition coefficient (Wildman–Crippen LogP) is 6.08. The molecule has 3 rings (SSSR count). The fourth-order valence-corrected chi connectivity index (χ4v) is 2.93. The normalized spacial score (nSPS) is 15.1. The van der Waals surface area contributed by atoms with Crippen LogP contribution >= 0.6 is 0 Å². The summed E-state index contributed by atoms with van der Waals surface area (Å²) in [7, 11) is 0. The van der Waals surface area contributed by atoms with Gasteiger partial charge in [-0.05, 0) is 34.5 Å². The van der Waals surface area contributed by atoms with E-state index in [1.165, 1.54) is 42.5 Å². The first-order chi connectivity index (χ1) is 13.1. The summed E-state index contributed by atoms with van der Waals surface area (Å²) >= 11 is 0. The molecule has 3 aromatic carbocycles. The van der Waals surface area contributed by atoms with E-state index in [4.69, 9.17) is 0 Å². The lowest BCUT2D eigenvalue weighted by Crippen LogP contribution is -2.54. The Morgan fingerprint density at radius 1 is 0.750 bits per heavy atom. The van der Waals surface area contributed by atoms with Crippen molar-refractivity contribution in [1.29, 1.82) is 0 Å². The van der Waals surface area contributed by atoms with Crippen molar-refractivity contribution in [2.24, 2.45) is 0 Å². The minimum absolute atomic E-state index is 0.0557. The van der Waals surface area contributed by atoms with Crippen LogP contribution in [-0.4, -0.2) is 17.2 Å². The van der Waals surface area contributed by atoms with Crippen LogP contribution in [0.4, 0.5) is 26.3 Å². The second-order valence-electron chi connectivity index (χ2n) is 6.25. The molecule has 7 heteroatoms. The summed E-state index contributed by atoms with van der Waals surface area (Å²) in [5.41, 5.74) is -4.12. The minimum Gasteiger partial charge on any atom is -0.375 e. The molecule has 0 fully saturated rings. The molecule has 0 aromatic heterocycles. The number of benzene rings is 3. The van der Waals surface area contributed by atoms with Gasteiger partial charge in [-0.15, -0.1) is 0 Å². The Labute approximate surface area is 156 Å². The molecule has 1 nitrogen and oxygen atoms in total. The van der Waals surface area contributed by atoms with Gasteiger partial charge in [0.05, 0.1) is 0 Å². The fraction of sp³-hybridized carbons (Fsp3) is 0.143. The molecule has 146 valence electrons. The third-order valence-corrected chi connectivity index (χ3v) is 4.42. The lowest BCUT2D eigenvalue weighted by Gasteiger charge is -2.35. The molecular weight excluding hydrogens is 382 g/mol. The van der Waals surface area contributed by atoms with Crippen molar-refractivity contribution in [3.05, 3.63) is 89.8 Å². The van der Waals surface area contributed by atoms with E-state index in [-0.39, 0.29) is 10.9 Å². The summed E-state index contributed by atoms with van der Waals surface area (Å²) < 4.78 is 81.5. The van der Waals surface area contributed by atoms with Crippen LogP contribution < -0.4 is 0 Å². The molecule has 1 atom stereocenters. The predicted molar refractivity (Wildman–Crippen MR) is 94.3 cm³/mol. The average Bonchev–Trinajstić information content (AvgIpc) is 2.66. The second-order valence-corrected chi connectivity index (χ2v) is 6.25. The molecule has 0 saturated heterocycles. The first-order valence-corrected chi connectivity index (χ1v) is 8.16. The van der Waals surface area contributed by atoms with E-state index in [1.54, 1.807) is 6.07 Å². The molecule has 1 N–H and O–H groups in total. The SMILES string of the molecule is OC(/C=C/c1ccc(F)cc1)(c1cccc2ccccc12)C(F)(F)C(F)(F)F. The standard InChI is InChI=1S/C21H14F6O/c22-16-10-8-14(9-11-16)12-13-19(28,20(23,24)21(25,26)27)18-7-3-5-15-4-1-2-6-17(15)18/h1-13,28H/b13-12+. The van der Waals surface area contributed by atoms with Crippen molar-refractivity contribution >= 4 is 16.8 Å². The molecule has 28 heavy (non-hydrogen) atoms. The smallest absolute Gasteiger partial charge is 0.375 e. The summed E-state index contributed by atoms with van der Waals surface area (Å²) in [6.45, 7) is 0. The topological polar surface area (TPSA) is 20.2 Å². The van der Waals surface area contributed by atoms with Crippen LogP contribution in [0.25, 0.3) is 16.8 Å². The van der Waals surface area contributed by atoms with Gasteiger partial charge in [0.1, 0.15) is 5.82 Å². The molecule has 0 heterocycles. The molecule has 0 aliphatic heterocycles. The van der Waals surface area contributed by atoms with Crippen LogP contribution in [0, 0.1) is 5.82 Å². The van der Waals surface area contributed by atoms with Gasteiger partial charge >= 0.3 is 12.1 Å². The Kier molecular flexibility index (Phi) is 4.97. The van der Waals surface area contributed by atoms with Gasteiger partial charge in [-0.3, -0.25) is 0 Å². The Hall–Kier alpha value is -2.80. The van der Waals surface area contributed by atoms with Gasteiger partial charge in [0.2, 0.25) is 0 Å². The van der Waals surface area contributed by atoms with Crippen LogP contribution in [0.5, 0.6) is 0 Å². The van der Waals surface area contributed by atoms with Crippen molar-refractivity contribution in [3.8, 4) is 0 Å². The molecule has 0 saturated carbocycles. The number of alkyl halides is 5. The number of hydrogen-bond donors (Lipinski definition) is 1. The number of halogens is 6. The van der Waals surface area contributed by atoms with Gasteiger partial charge in [-0.25, -0.2) is 4.39 Å². The molecule has 0 radical (unpaired) electrons. The maximum atomic E-state index is 14.5. The Morgan fingerprint density at radius 2 is 1.36 bits per heavy atom. The van der Waals surface area contributed by atoms with E-state index >= 15 is 0 Å². The fourth-order valence-electron chi connectivity index (χ4n) is 2.93. The number of hydrogen-bond acceptors (Lipinski definition) is 1. The van der Waals surface area contributed by atoms with E-state index < -0.39 is 29.1 Å². The summed E-state index contributed by atoms with van der Waals surface area (Å²) in [6.07, 6.45) is -4.71. The molecule has 0 amide bonds. The van der Waals surface area contributed by atoms with Gasteiger partial charge < -0.3 is 5.11 Å². The number of aliphatic hydroxyl groups is 1. The van der Waals surface area contributed by atoms with Crippen LogP contribution in [-0.2, 0) is 5.60 Å². The molecule has 0 aliphatic carbocycles. The molecule has 0 aliphatic rings. The van der Waals surface area contributed by atoms with Crippen LogP contribution in [0.3, 0.4) is 0 Å². The van der Waals surface area contributed by atoms with E-state index in [0.29, 0.717) is 11.5 Å². The van der Waals surface area contributed by atoms with Crippen molar-refractivity contribution in [2.45, 2.75) is 17.7 Å². The lowest BCUT2D eigenvalue weighted by molar-refractivity contribution is -0.334. The van der Waals surface area contributed by atoms with Gasteiger partial charge in [0, 0.05) is 5.56 Å². The lowest BCUT2D eigenvalue weighted by atomic mass is 9.83. The molecule has 0 spiro atoms. The number of fused-ring (bicyclic) bond motifs is 1. The average molecular weight is 396 g/mol. The third-order valence-electron chi connectivity index (χ3n) is 4.42. The zero-order valence-electron chi connectivity index (χ0n) is 14.2. The summed E-state index contributed by atoms with van der Waals surface area (Å²) in [4.78, 5) is 0. The van der Waals surface area contributed by atoms with Crippen molar-refractivity contribution < 1.29 is 31.4 Å². The summed E-state index contributed by atoms with van der Waals surface area (Å²) in [5, 5.41) is 11.2. The molecular formula is C21H14F6O. The van der Waals surface area contributed by atoms with Gasteiger partial charge in [0.15, 0.2) is 5.60 Å². The molecule has 1 unspecified atom stereocenters. The van der Waals surface area contributed by atoms with Crippen molar-refractivity contribution in [1.82, 2.24) is 0 Å². The monoisotopic (exact) mass is 396 g/mol. The minimum atomic E-state index is -6.01. The highest BCUT2D eigenvalue weighted by Gasteiger charge is 2.69. The number of rotatable bonds is 4. The van der Waals surface area contributed by atoms with E-state index in [0.717, 1.165) is 24.3 Å². The second kappa shape index (κ2) is 6.98. The maximum Gasteiger partial charge on any atom is 0.457 e. The summed E-state index contributed by atoms with van der Waals surface area (Å²) in [6, 6.07) is 14.3. The highest BCUT2D eigenvalue weighted by molar-refractivity contribution is 5.87. The summed E-state index contributed by atoms with van der Waals surface area (Å²) in [5.74, 6) is -6.08. The van der Waals surface area contributed by atoms with Crippen molar-refractivity contribution in [3.63, 3.8) is 0 Å². The Morgan fingerprint density at radius 3 is 2.00 bits per heavy atom. The van der Waals surface area contributed by atoms with Crippen molar-refractivity contribution in [2.75, 3.05) is 0 Å². The molecule has 0 bridgehead atoms.